The van der Waals surface area contributed by atoms with Gasteiger partial charge < -0.3 is 29.0 Å². The third-order valence-corrected chi connectivity index (χ3v) is 3.90. The molecule has 100 valence electrons. The standard InChI is InChI=1S/C17H14N2.HI/c1-11-9-14-13-5-3-4-6-16(13)18-17(14)15-10-19(2)8-7-12(11)15;/h3-10H,1-2H3;1H. The minimum atomic E-state index is 0. The van der Waals surface area contributed by atoms with Gasteiger partial charge in [-0.2, -0.15) is 0 Å². The van der Waals surface area contributed by atoms with Crippen LogP contribution in [0.15, 0.2) is 48.8 Å². The maximum atomic E-state index is 3.56. The van der Waals surface area contributed by atoms with Gasteiger partial charge in [0.15, 0.2) is 12.4 Å². The summed E-state index contributed by atoms with van der Waals surface area (Å²) in [7, 11) is 2.07. The third-order valence-electron chi connectivity index (χ3n) is 3.90. The smallest absolute Gasteiger partial charge is 0.178 e. The zero-order valence-electron chi connectivity index (χ0n) is 11.4. The average molecular weight is 374 g/mol. The van der Waals surface area contributed by atoms with Crippen LogP contribution in [0.1, 0.15) is 5.56 Å². The molecule has 4 aromatic rings. The van der Waals surface area contributed by atoms with Crippen molar-refractivity contribution in [3.63, 3.8) is 0 Å². The highest BCUT2D eigenvalue weighted by molar-refractivity contribution is 6.17. The summed E-state index contributed by atoms with van der Waals surface area (Å²) in [6.45, 7) is 2.18. The maximum Gasteiger partial charge on any atom is 0.178 e. The molecule has 0 fully saturated rings. The summed E-state index contributed by atoms with van der Waals surface area (Å²) in [5.41, 5.74) is 3.77. The second-order valence-electron chi connectivity index (χ2n) is 5.22. The summed E-state index contributed by atoms with van der Waals surface area (Å²) in [4.78, 5) is 3.56. The number of pyridine rings is 1. The first-order valence-electron chi connectivity index (χ1n) is 6.53. The van der Waals surface area contributed by atoms with Crippen LogP contribution >= 0.6 is 0 Å². The van der Waals surface area contributed by atoms with Crippen LogP contribution in [-0.4, -0.2) is 4.98 Å². The van der Waals surface area contributed by atoms with E-state index in [0.717, 1.165) is 0 Å². The Kier molecular flexibility index (Phi) is 3.17. The Labute approximate surface area is 134 Å². The van der Waals surface area contributed by atoms with Gasteiger partial charge in [-0.05, 0) is 30.0 Å². The highest BCUT2D eigenvalue weighted by Gasteiger charge is 2.11. The summed E-state index contributed by atoms with van der Waals surface area (Å²) in [6.07, 6.45) is 4.30. The number of para-hydroxylation sites is 1. The average Bonchev–Trinajstić information content (AvgIpc) is 2.78. The number of fused-ring (bicyclic) bond motifs is 5. The summed E-state index contributed by atoms with van der Waals surface area (Å²) < 4.78 is 2.10. The second-order valence-corrected chi connectivity index (χ2v) is 5.22. The van der Waals surface area contributed by atoms with Gasteiger partial charge in [-0.25, -0.2) is 4.57 Å². The largest absolute Gasteiger partial charge is 1.00 e. The van der Waals surface area contributed by atoms with Gasteiger partial charge in [0.25, 0.3) is 0 Å². The van der Waals surface area contributed by atoms with Crippen LogP contribution in [0, 0.1) is 6.92 Å². The van der Waals surface area contributed by atoms with E-state index < -0.39 is 0 Å². The van der Waals surface area contributed by atoms with E-state index in [1.807, 2.05) is 0 Å². The lowest BCUT2D eigenvalue weighted by molar-refractivity contribution is -0.670. The van der Waals surface area contributed by atoms with Crippen molar-refractivity contribution in [3.8, 4) is 0 Å². The van der Waals surface area contributed by atoms with Crippen LogP contribution < -0.4 is 28.5 Å². The lowest BCUT2D eigenvalue weighted by atomic mass is 10.0. The van der Waals surface area contributed by atoms with Gasteiger partial charge >= 0.3 is 0 Å². The number of benzene rings is 2. The fourth-order valence-electron chi connectivity index (χ4n) is 2.96. The first kappa shape index (κ1) is 13.4. The molecule has 0 spiro atoms. The number of hydrogen-bond donors (Lipinski definition) is 1. The highest BCUT2D eigenvalue weighted by atomic mass is 127. The molecular weight excluding hydrogens is 359 g/mol. The molecule has 1 N–H and O–H groups in total. The highest BCUT2D eigenvalue weighted by Crippen LogP contribution is 2.32. The molecule has 20 heavy (non-hydrogen) atoms. The van der Waals surface area contributed by atoms with Gasteiger partial charge in [0.2, 0.25) is 0 Å². The fourth-order valence-corrected chi connectivity index (χ4v) is 2.96. The molecule has 0 saturated carbocycles. The fraction of sp³-hybridized carbons (Fsp3) is 0.118. The number of aromatic nitrogens is 2. The Morgan fingerprint density at radius 1 is 0.950 bits per heavy atom. The van der Waals surface area contributed by atoms with Crippen molar-refractivity contribution in [2.24, 2.45) is 7.05 Å². The molecule has 3 heteroatoms. The zero-order valence-corrected chi connectivity index (χ0v) is 13.6. The van der Waals surface area contributed by atoms with E-state index in [9.17, 15) is 0 Å². The maximum absolute atomic E-state index is 3.56. The van der Waals surface area contributed by atoms with Crippen LogP contribution in [0.25, 0.3) is 32.6 Å². The SMILES string of the molecule is Cc1cc2c3ccccc3[nH]c2c2c[n+](C)ccc12.[I-]. The molecule has 2 heterocycles. The van der Waals surface area contributed by atoms with Crippen molar-refractivity contribution in [1.82, 2.24) is 4.98 Å². The normalized spacial score (nSPS) is 11.1. The van der Waals surface area contributed by atoms with Crippen LogP contribution in [0.3, 0.4) is 0 Å². The summed E-state index contributed by atoms with van der Waals surface area (Å²) in [5, 5.41) is 5.22. The number of H-pyrrole nitrogens is 1. The van der Waals surface area contributed by atoms with E-state index in [0.29, 0.717) is 0 Å². The van der Waals surface area contributed by atoms with E-state index in [4.69, 9.17) is 0 Å². The quantitative estimate of drug-likeness (QED) is 0.344. The predicted octanol–water partition coefficient (Wildman–Crippen LogP) is 0.611. The van der Waals surface area contributed by atoms with Crippen LogP contribution in [0.4, 0.5) is 0 Å². The predicted molar refractivity (Wildman–Crippen MR) is 79.2 cm³/mol. The lowest BCUT2D eigenvalue weighted by Gasteiger charge is -2.02. The minimum Gasteiger partial charge on any atom is -1.00 e. The number of nitrogens with one attached hydrogen (secondary N) is 1. The molecule has 2 aromatic carbocycles. The van der Waals surface area contributed by atoms with Gasteiger partial charge in [-0.15, -0.1) is 0 Å². The van der Waals surface area contributed by atoms with Crippen molar-refractivity contribution in [1.29, 1.82) is 0 Å². The Morgan fingerprint density at radius 2 is 1.75 bits per heavy atom. The summed E-state index contributed by atoms with van der Waals surface area (Å²) in [6, 6.07) is 13.0. The first-order chi connectivity index (χ1) is 9.24. The summed E-state index contributed by atoms with van der Waals surface area (Å²) in [5.74, 6) is 0. The Hall–Kier alpha value is -1.62. The Morgan fingerprint density at radius 3 is 2.60 bits per heavy atom. The molecule has 0 radical (unpaired) electrons. The van der Waals surface area contributed by atoms with Gasteiger partial charge in [-0.1, -0.05) is 18.2 Å². The van der Waals surface area contributed by atoms with E-state index in [2.05, 4.69) is 72.3 Å². The first-order valence-corrected chi connectivity index (χ1v) is 6.53. The van der Waals surface area contributed by atoms with E-state index in [1.54, 1.807) is 0 Å². The molecule has 0 aliphatic heterocycles. The Balaban J connectivity index is 0.00000121. The van der Waals surface area contributed by atoms with Crippen molar-refractivity contribution in [3.05, 3.63) is 54.4 Å². The van der Waals surface area contributed by atoms with Gasteiger partial charge in [-0.3, -0.25) is 0 Å². The minimum absolute atomic E-state index is 0. The Bertz CT molecular complexity index is 938. The zero-order chi connectivity index (χ0) is 13.0. The van der Waals surface area contributed by atoms with E-state index in [-0.39, 0.29) is 24.0 Å². The molecule has 0 bridgehead atoms. The number of aryl methyl sites for hydroxylation is 2. The van der Waals surface area contributed by atoms with E-state index in [1.165, 1.54) is 38.1 Å². The number of aromatic amines is 1. The van der Waals surface area contributed by atoms with Gasteiger partial charge in [0.05, 0.1) is 10.9 Å². The van der Waals surface area contributed by atoms with Gasteiger partial charge in [0.1, 0.15) is 7.05 Å². The summed E-state index contributed by atoms with van der Waals surface area (Å²) >= 11 is 0. The lowest BCUT2D eigenvalue weighted by Crippen LogP contribution is -3.00. The molecule has 2 aromatic heterocycles. The molecule has 4 rings (SSSR count). The number of hydrogen-bond acceptors (Lipinski definition) is 0. The van der Waals surface area contributed by atoms with Crippen LogP contribution in [-0.2, 0) is 7.05 Å². The molecule has 0 aliphatic rings. The molecule has 2 nitrogen and oxygen atoms in total. The molecule has 0 saturated heterocycles. The molecule has 0 atom stereocenters. The topological polar surface area (TPSA) is 19.7 Å². The third kappa shape index (κ3) is 1.80. The molecule has 0 unspecified atom stereocenters. The van der Waals surface area contributed by atoms with Gasteiger partial charge in [0, 0.05) is 22.4 Å². The van der Waals surface area contributed by atoms with Crippen molar-refractivity contribution >= 4 is 32.6 Å². The van der Waals surface area contributed by atoms with Crippen molar-refractivity contribution < 1.29 is 28.5 Å². The van der Waals surface area contributed by atoms with Crippen LogP contribution in [0.2, 0.25) is 0 Å². The second kappa shape index (κ2) is 4.74. The van der Waals surface area contributed by atoms with E-state index >= 15 is 0 Å². The molecular formula is C17H15IN2. The van der Waals surface area contributed by atoms with Crippen LogP contribution in [0.5, 0.6) is 0 Å². The van der Waals surface area contributed by atoms with Crippen molar-refractivity contribution in [2.75, 3.05) is 0 Å². The number of halogens is 1. The monoisotopic (exact) mass is 374 g/mol. The molecule has 0 amide bonds. The molecule has 0 aliphatic carbocycles. The number of rotatable bonds is 0. The number of nitrogens with zero attached hydrogens (tertiary/aromatic N) is 1. The van der Waals surface area contributed by atoms with Crippen molar-refractivity contribution in [2.45, 2.75) is 6.92 Å².